The zero-order valence-electron chi connectivity index (χ0n) is 20.6. The number of hydrogen-bond acceptors (Lipinski definition) is 7. The van der Waals surface area contributed by atoms with E-state index in [1.165, 1.54) is 17.0 Å². The molecule has 206 valence electrons. The molecule has 39 heavy (non-hydrogen) atoms. The SMILES string of the molecule is CS(=O)(=O)Nc1ccc2c(c1)S(=O)(=O)N=C(C1=C(O)C3C([C@@H]4CC[C@H]3C4)N(Cc3cc(F)ccc3F)C1=O)N2. The van der Waals surface area contributed by atoms with Crippen LogP contribution in [0.4, 0.5) is 20.2 Å². The minimum atomic E-state index is -4.42. The molecule has 0 saturated heterocycles. The van der Waals surface area contributed by atoms with Gasteiger partial charge in [0.05, 0.1) is 11.9 Å². The first-order valence-electron chi connectivity index (χ1n) is 12.2. The summed E-state index contributed by atoms with van der Waals surface area (Å²) >= 11 is 0. The molecule has 2 saturated carbocycles. The molecule has 2 aromatic carbocycles. The van der Waals surface area contributed by atoms with E-state index >= 15 is 0 Å². The lowest BCUT2D eigenvalue weighted by molar-refractivity contribution is -0.134. The van der Waals surface area contributed by atoms with Gasteiger partial charge < -0.3 is 15.3 Å². The molecule has 6 rings (SSSR count). The van der Waals surface area contributed by atoms with Gasteiger partial charge in [-0.05, 0) is 67.5 Å². The van der Waals surface area contributed by atoms with Gasteiger partial charge in [0.1, 0.15) is 27.9 Å². The van der Waals surface area contributed by atoms with Gasteiger partial charge in [-0.3, -0.25) is 9.52 Å². The van der Waals surface area contributed by atoms with Crippen LogP contribution in [0.2, 0.25) is 0 Å². The normalized spacial score (nSPS) is 27.1. The molecule has 3 N–H and O–H groups in total. The van der Waals surface area contributed by atoms with Crippen LogP contribution in [0.5, 0.6) is 0 Å². The second-order valence-electron chi connectivity index (χ2n) is 10.4. The van der Waals surface area contributed by atoms with Crippen LogP contribution in [0.3, 0.4) is 0 Å². The fourth-order valence-electron chi connectivity index (χ4n) is 6.44. The molecule has 2 unspecified atom stereocenters. The van der Waals surface area contributed by atoms with E-state index in [1.54, 1.807) is 0 Å². The number of aliphatic hydroxyl groups is 1. The van der Waals surface area contributed by atoms with Crippen LogP contribution in [-0.2, 0) is 31.4 Å². The Bertz CT molecular complexity index is 1710. The van der Waals surface area contributed by atoms with Crippen LogP contribution in [0, 0.1) is 29.4 Å². The standard InChI is InChI=1S/C25H24F2N4O6S2/c1-38(34,35)29-16-5-7-18-19(10-16)39(36,37)30-24(28-18)21-23(32)20-12-2-3-13(8-12)22(20)31(25(21)33)11-14-9-15(26)4-6-17(14)27/h4-7,9-10,12-13,20,22,29,32H,2-3,8,11H2,1H3,(H,28,30)/t12-,13+,20?,22?/m0/s1. The van der Waals surface area contributed by atoms with Crippen LogP contribution < -0.4 is 10.0 Å². The Balaban J connectivity index is 1.42. The molecular formula is C25H24F2N4O6S2. The highest BCUT2D eigenvalue weighted by Gasteiger charge is 2.57. The fourth-order valence-corrected chi connectivity index (χ4v) is 8.15. The second-order valence-corrected chi connectivity index (χ2v) is 13.7. The van der Waals surface area contributed by atoms with Crippen molar-refractivity contribution < 1.29 is 35.5 Å². The third kappa shape index (κ3) is 4.35. The first kappa shape index (κ1) is 25.7. The Morgan fingerprint density at radius 2 is 1.90 bits per heavy atom. The number of carbonyl (C=O) groups excluding carboxylic acids is 1. The lowest BCUT2D eigenvalue weighted by Gasteiger charge is -2.44. The highest BCUT2D eigenvalue weighted by molar-refractivity contribution is 7.92. The molecule has 0 radical (unpaired) electrons. The lowest BCUT2D eigenvalue weighted by Crippen LogP contribution is -2.53. The van der Waals surface area contributed by atoms with Crippen molar-refractivity contribution in [3.05, 3.63) is 64.9 Å². The quantitative estimate of drug-likeness (QED) is 0.494. The summed E-state index contributed by atoms with van der Waals surface area (Å²) in [5, 5.41) is 14.2. The largest absolute Gasteiger partial charge is 0.511 e. The molecule has 0 spiro atoms. The number of aliphatic hydroxyl groups excluding tert-OH is 1. The molecular weight excluding hydrogens is 554 g/mol. The minimum absolute atomic E-state index is 0.00389. The summed E-state index contributed by atoms with van der Waals surface area (Å²) in [4.78, 5) is 15.0. The third-order valence-corrected chi connectivity index (χ3v) is 9.81. The van der Waals surface area contributed by atoms with Gasteiger partial charge in [0.2, 0.25) is 10.0 Å². The second kappa shape index (κ2) is 8.74. The van der Waals surface area contributed by atoms with Crippen LogP contribution in [0.1, 0.15) is 24.8 Å². The maximum absolute atomic E-state index is 14.6. The van der Waals surface area contributed by atoms with E-state index in [9.17, 15) is 35.5 Å². The van der Waals surface area contributed by atoms with Crippen LogP contribution >= 0.6 is 0 Å². The first-order valence-corrected chi connectivity index (χ1v) is 15.6. The number of nitrogens with zero attached hydrogens (tertiary/aromatic N) is 2. The Hall–Kier alpha value is -3.52. The van der Waals surface area contributed by atoms with E-state index in [2.05, 4.69) is 14.4 Å². The number of halogens is 2. The summed E-state index contributed by atoms with van der Waals surface area (Å²) in [5.41, 5.74) is -0.338. The van der Waals surface area contributed by atoms with Gasteiger partial charge in [0, 0.05) is 29.8 Å². The van der Waals surface area contributed by atoms with Crippen molar-refractivity contribution in [3.63, 3.8) is 0 Å². The predicted octanol–water partition coefficient (Wildman–Crippen LogP) is 3.12. The summed E-state index contributed by atoms with van der Waals surface area (Å²) in [6, 6.07) is 6.29. The van der Waals surface area contributed by atoms with Gasteiger partial charge in [-0.15, -0.1) is 4.40 Å². The number of sulfonamides is 2. The van der Waals surface area contributed by atoms with E-state index in [4.69, 9.17) is 0 Å². The number of amides is 1. The molecule has 2 heterocycles. The number of amidine groups is 1. The smallest absolute Gasteiger partial charge is 0.286 e. The third-order valence-electron chi connectivity index (χ3n) is 7.89. The summed E-state index contributed by atoms with van der Waals surface area (Å²) in [7, 11) is -8.10. The number of benzene rings is 2. The van der Waals surface area contributed by atoms with Gasteiger partial charge >= 0.3 is 0 Å². The summed E-state index contributed by atoms with van der Waals surface area (Å²) in [6.45, 7) is -0.263. The number of hydrogen-bond donors (Lipinski definition) is 3. The number of anilines is 2. The fraction of sp³-hybridized carbons (Fsp3) is 0.360. The van der Waals surface area contributed by atoms with E-state index < -0.39 is 49.5 Å². The first-order chi connectivity index (χ1) is 18.3. The molecule has 4 aliphatic rings. The molecule has 14 heteroatoms. The van der Waals surface area contributed by atoms with Gasteiger partial charge in [-0.25, -0.2) is 17.2 Å². The Labute approximate surface area is 223 Å². The monoisotopic (exact) mass is 578 g/mol. The zero-order chi connectivity index (χ0) is 27.9. The van der Waals surface area contributed by atoms with Crippen LogP contribution in [-0.4, -0.2) is 50.9 Å². The van der Waals surface area contributed by atoms with Crippen LogP contribution in [0.25, 0.3) is 0 Å². The lowest BCUT2D eigenvalue weighted by atomic mass is 9.77. The minimum Gasteiger partial charge on any atom is -0.511 e. The molecule has 4 atom stereocenters. The maximum Gasteiger partial charge on any atom is 0.286 e. The van der Waals surface area contributed by atoms with Crippen molar-refractivity contribution in [2.45, 2.75) is 36.7 Å². The number of fused-ring (bicyclic) bond motifs is 6. The summed E-state index contributed by atoms with van der Waals surface area (Å²) in [6.07, 6.45) is 3.31. The average molecular weight is 579 g/mol. The van der Waals surface area contributed by atoms with E-state index in [1.807, 2.05) is 0 Å². The van der Waals surface area contributed by atoms with E-state index in [0.717, 1.165) is 49.8 Å². The average Bonchev–Trinajstić information content (AvgIpc) is 3.45. The van der Waals surface area contributed by atoms with Gasteiger partial charge in [0.15, 0.2) is 5.84 Å². The summed E-state index contributed by atoms with van der Waals surface area (Å²) in [5.74, 6) is -3.14. The van der Waals surface area contributed by atoms with Gasteiger partial charge in [-0.1, -0.05) is 0 Å². The van der Waals surface area contributed by atoms with Crippen molar-refractivity contribution in [1.29, 1.82) is 0 Å². The van der Waals surface area contributed by atoms with Crippen molar-refractivity contribution in [2.75, 3.05) is 16.3 Å². The van der Waals surface area contributed by atoms with Gasteiger partial charge in [0.25, 0.3) is 15.9 Å². The van der Waals surface area contributed by atoms with Crippen molar-refractivity contribution >= 4 is 43.2 Å². The molecule has 1 amide bonds. The maximum atomic E-state index is 14.6. The topological polar surface area (TPSA) is 145 Å². The zero-order valence-corrected chi connectivity index (χ0v) is 22.2. The Kier molecular flexibility index (Phi) is 5.77. The molecule has 2 aromatic rings. The van der Waals surface area contributed by atoms with Crippen molar-refractivity contribution in [3.8, 4) is 0 Å². The van der Waals surface area contributed by atoms with E-state index in [0.29, 0.717) is 0 Å². The van der Waals surface area contributed by atoms with Crippen molar-refractivity contribution in [2.24, 2.45) is 22.2 Å². The summed E-state index contributed by atoms with van der Waals surface area (Å²) < 4.78 is 83.9. The highest BCUT2D eigenvalue weighted by Crippen LogP contribution is 2.55. The number of nitrogens with one attached hydrogen (secondary N) is 2. The molecule has 2 aliphatic heterocycles. The van der Waals surface area contributed by atoms with Crippen LogP contribution in [0.15, 0.2) is 57.0 Å². The number of rotatable bonds is 5. The predicted molar refractivity (Wildman–Crippen MR) is 138 cm³/mol. The molecule has 2 aliphatic carbocycles. The number of carbonyl (C=O) groups is 1. The molecule has 2 bridgehead atoms. The Morgan fingerprint density at radius 3 is 2.64 bits per heavy atom. The molecule has 10 nitrogen and oxygen atoms in total. The molecule has 2 fully saturated rings. The highest BCUT2D eigenvalue weighted by atomic mass is 32.2. The van der Waals surface area contributed by atoms with E-state index in [-0.39, 0.29) is 57.4 Å². The Morgan fingerprint density at radius 1 is 1.15 bits per heavy atom. The molecule has 0 aromatic heterocycles. The van der Waals surface area contributed by atoms with Gasteiger partial charge in [-0.2, -0.15) is 8.42 Å². The van der Waals surface area contributed by atoms with Crippen molar-refractivity contribution in [1.82, 2.24) is 4.90 Å².